The van der Waals surface area contributed by atoms with Crippen LogP contribution < -0.4 is 0 Å². The highest BCUT2D eigenvalue weighted by Crippen LogP contribution is 2.26. The van der Waals surface area contributed by atoms with E-state index in [2.05, 4.69) is 20.7 Å². The predicted octanol–water partition coefficient (Wildman–Crippen LogP) is 1.90. The molecule has 1 aliphatic carbocycles. The van der Waals surface area contributed by atoms with Gasteiger partial charge in [0.25, 0.3) is 0 Å². The zero-order chi connectivity index (χ0) is 12.4. The van der Waals surface area contributed by atoms with Gasteiger partial charge in [-0.3, -0.25) is 9.58 Å². The minimum Gasteiger partial charge on any atom is -0.378 e. The van der Waals surface area contributed by atoms with Gasteiger partial charge in [-0.15, -0.1) is 0 Å². The van der Waals surface area contributed by atoms with E-state index in [0.29, 0.717) is 0 Å². The summed E-state index contributed by atoms with van der Waals surface area (Å²) in [5.41, 5.74) is 1.33. The lowest BCUT2D eigenvalue weighted by Gasteiger charge is -2.25. The standard InChI is InChI=1S/C14H23N3O/c1-18-14-10-16(8-12-4-2-3-5-12)9-13-6-7-15-17(13)11-14/h6-7,12,14H,2-5,8-11H2,1H3. The maximum absolute atomic E-state index is 5.59. The smallest absolute Gasteiger partial charge is 0.0893 e. The molecule has 1 fully saturated rings. The highest BCUT2D eigenvalue weighted by molar-refractivity contribution is 5.02. The van der Waals surface area contributed by atoms with Crippen LogP contribution in [0.3, 0.4) is 0 Å². The SMILES string of the molecule is COC1CN(CC2CCCC2)Cc2ccnn2C1. The zero-order valence-corrected chi connectivity index (χ0v) is 11.2. The molecule has 1 aliphatic heterocycles. The van der Waals surface area contributed by atoms with Crippen molar-refractivity contribution in [1.82, 2.24) is 14.7 Å². The molecule has 2 heterocycles. The number of hydrogen-bond donors (Lipinski definition) is 0. The second kappa shape index (κ2) is 5.41. The van der Waals surface area contributed by atoms with E-state index in [4.69, 9.17) is 4.74 Å². The van der Waals surface area contributed by atoms with Gasteiger partial charge in [-0.05, 0) is 24.8 Å². The molecule has 1 saturated carbocycles. The molecule has 1 atom stereocenters. The molecule has 2 aliphatic rings. The summed E-state index contributed by atoms with van der Waals surface area (Å²) in [6.07, 6.45) is 7.84. The first-order valence-corrected chi connectivity index (χ1v) is 7.11. The lowest BCUT2D eigenvalue weighted by atomic mass is 10.1. The van der Waals surface area contributed by atoms with Crippen LogP contribution in [0.4, 0.5) is 0 Å². The molecule has 100 valence electrons. The average Bonchev–Trinajstić information content (AvgIpc) is 2.98. The Morgan fingerprint density at radius 2 is 2.17 bits per heavy atom. The van der Waals surface area contributed by atoms with Gasteiger partial charge in [0.1, 0.15) is 0 Å². The molecule has 0 amide bonds. The van der Waals surface area contributed by atoms with Gasteiger partial charge in [0, 0.05) is 32.9 Å². The van der Waals surface area contributed by atoms with Gasteiger partial charge in [-0.2, -0.15) is 5.10 Å². The van der Waals surface area contributed by atoms with Crippen LogP contribution in [-0.2, 0) is 17.8 Å². The van der Waals surface area contributed by atoms with E-state index < -0.39 is 0 Å². The second-order valence-corrected chi connectivity index (χ2v) is 5.71. The van der Waals surface area contributed by atoms with Crippen LogP contribution in [0.2, 0.25) is 0 Å². The highest BCUT2D eigenvalue weighted by atomic mass is 16.5. The molecule has 0 spiro atoms. The summed E-state index contributed by atoms with van der Waals surface area (Å²) >= 11 is 0. The molecule has 4 heteroatoms. The number of methoxy groups -OCH3 is 1. The topological polar surface area (TPSA) is 30.3 Å². The number of ether oxygens (including phenoxy) is 1. The largest absolute Gasteiger partial charge is 0.378 e. The van der Waals surface area contributed by atoms with Crippen LogP contribution in [0, 0.1) is 5.92 Å². The summed E-state index contributed by atoms with van der Waals surface area (Å²) in [7, 11) is 1.81. The van der Waals surface area contributed by atoms with E-state index in [1.54, 1.807) is 0 Å². The molecule has 0 aromatic carbocycles. The predicted molar refractivity (Wildman–Crippen MR) is 70.3 cm³/mol. The van der Waals surface area contributed by atoms with E-state index in [9.17, 15) is 0 Å². The summed E-state index contributed by atoms with van der Waals surface area (Å²) in [5.74, 6) is 0.900. The first-order chi connectivity index (χ1) is 8.85. The summed E-state index contributed by atoms with van der Waals surface area (Å²) in [4.78, 5) is 2.56. The first kappa shape index (κ1) is 12.2. The number of hydrogen-bond acceptors (Lipinski definition) is 3. The molecule has 0 bridgehead atoms. The highest BCUT2D eigenvalue weighted by Gasteiger charge is 2.25. The Bertz CT molecular complexity index is 384. The second-order valence-electron chi connectivity index (χ2n) is 5.71. The molecule has 0 radical (unpaired) electrons. The Morgan fingerprint density at radius 3 is 2.94 bits per heavy atom. The van der Waals surface area contributed by atoms with Crippen LogP contribution in [0.5, 0.6) is 0 Å². The summed E-state index contributed by atoms with van der Waals surface area (Å²) in [5, 5.41) is 4.39. The quantitative estimate of drug-likeness (QED) is 0.819. The molecule has 0 saturated heterocycles. The maximum atomic E-state index is 5.59. The maximum Gasteiger partial charge on any atom is 0.0893 e. The number of fused-ring (bicyclic) bond motifs is 1. The van der Waals surface area contributed by atoms with Gasteiger partial charge in [-0.1, -0.05) is 12.8 Å². The van der Waals surface area contributed by atoms with Crippen molar-refractivity contribution in [2.24, 2.45) is 5.92 Å². The van der Waals surface area contributed by atoms with Crippen molar-refractivity contribution in [2.75, 3.05) is 20.2 Å². The van der Waals surface area contributed by atoms with Crippen LogP contribution in [0.15, 0.2) is 12.3 Å². The first-order valence-electron chi connectivity index (χ1n) is 7.11. The molecular formula is C14H23N3O. The minimum atomic E-state index is 0.271. The van der Waals surface area contributed by atoms with E-state index in [0.717, 1.165) is 25.6 Å². The minimum absolute atomic E-state index is 0.271. The fraction of sp³-hybridized carbons (Fsp3) is 0.786. The van der Waals surface area contributed by atoms with E-state index in [1.165, 1.54) is 37.9 Å². The van der Waals surface area contributed by atoms with Crippen molar-refractivity contribution in [3.8, 4) is 0 Å². The van der Waals surface area contributed by atoms with Crippen LogP contribution in [0.25, 0.3) is 0 Å². The van der Waals surface area contributed by atoms with Crippen molar-refractivity contribution in [3.05, 3.63) is 18.0 Å². The van der Waals surface area contributed by atoms with Gasteiger partial charge >= 0.3 is 0 Å². The van der Waals surface area contributed by atoms with Crippen molar-refractivity contribution in [2.45, 2.75) is 44.9 Å². The lowest BCUT2D eigenvalue weighted by molar-refractivity contribution is 0.0525. The molecule has 1 aromatic heterocycles. The van der Waals surface area contributed by atoms with E-state index >= 15 is 0 Å². The van der Waals surface area contributed by atoms with Crippen molar-refractivity contribution in [1.29, 1.82) is 0 Å². The Hall–Kier alpha value is -0.870. The number of rotatable bonds is 3. The Balaban J connectivity index is 1.70. The number of nitrogens with zero attached hydrogens (tertiary/aromatic N) is 3. The Morgan fingerprint density at radius 1 is 1.33 bits per heavy atom. The van der Waals surface area contributed by atoms with Crippen LogP contribution in [0.1, 0.15) is 31.4 Å². The molecule has 3 rings (SSSR count). The molecule has 4 nitrogen and oxygen atoms in total. The van der Waals surface area contributed by atoms with Crippen LogP contribution in [-0.4, -0.2) is 41.0 Å². The van der Waals surface area contributed by atoms with Gasteiger partial charge in [0.2, 0.25) is 0 Å². The summed E-state index contributed by atoms with van der Waals surface area (Å²) < 4.78 is 7.69. The lowest BCUT2D eigenvalue weighted by Crippen LogP contribution is -2.35. The van der Waals surface area contributed by atoms with Gasteiger partial charge in [0.05, 0.1) is 18.3 Å². The van der Waals surface area contributed by atoms with Gasteiger partial charge in [-0.25, -0.2) is 0 Å². The Labute approximate surface area is 109 Å². The van der Waals surface area contributed by atoms with E-state index in [-0.39, 0.29) is 6.10 Å². The van der Waals surface area contributed by atoms with Crippen molar-refractivity contribution >= 4 is 0 Å². The van der Waals surface area contributed by atoms with Gasteiger partial charge in [0.15, 0.2) is 0 Å². The number of aromatic nitrogens is 2. The van der Waals surface area contributed by atoms with E-state index in [1.807, 2.05) is 13.3 Å². The Kier molecular flexibility index (Phi) is 3.66. The van der Waals surface area contributed by atoms with Crippen molar-refractivity contribution in [3.63, 3.8) is 0 Å². The third-order valence-electron chi connectivity index (χ3n) is 4.35. The summed E-state index contributed by atoms with van der Waals surface area (Å²) in [6.45, 7) is 4.18. The molecule has 0 N–H and O–H groups in total. The average molecular weight is 249 g/mol. The molecule has 18 heavy (non-hydrogen) atoms. The summed E-state index contributed by atoms with van der Waals surface area (Å²) in [6, 6.07) is 2.14. The normalized spacial score (nSPS) is 26.2. The monoisotopic (exact) mass is 249 g/mol. The van der Waals surface area contributed by atoms with Crippen LogP contribution >= 0.6 is 0 Å². The zero-order valence-electron chi connectivity index (χ0n) is 11.2. The van der Waals surface area contributed by atoms with Crippen molar-refractivity contribution < 1.29 is 4.74 Å². The van der Waals surface area contributed by atoms with Gasteiger partial charge < -0.3 is 4.74 Å². The molecule has 1 unspecified atom stereocenters. The molecular weight excluding hydrogens is 226 g/mol. The third-order valence-corrected chi connectivity index (χ3v) is 4.35. The third kappa shape index (κ3) is 2.59. The fourth-order valence-corrected chi connectivity index (χ4v) is 3.34. The fourth-order valence-electron chi connectivity index (χ4n) is 3.34. The molecule has 1 aromatic rings.